The second-order valence-electron chi connectivity index (χ2n) is 7.85. The molecule has 0 bridgehead atoms. The lowest BCUT2D eigenvalue weighted by atomic mass is 10.0. The summed E-state index contributed by atoms with van der Waals surface area (Å²) < 4.78 is 0. The number of benzene rings is 1. The molecule has 2 N–H and O–H groups in total. The van der Waals surface area contributed by atoms with E-state index in [-0.39, 0.29) is 18.0 Å². The summed E-state index contributed by atoms with van der Waals surface area (Å²) in [5.41, 5.74) is 2.26. The van der Waals surface area contributed by atoms with Gasteiger partial charge in [-0.05, 0) is 56.1 Å². The number of nitrogens with zero attached hydrogens (tertiary/aromatic N) is 3. The second-order valence-corrected chi connectivity index (χ2v) is 7.85. The van der Waals surface area contributed by atoms with Crippen molar-refractivity contribution in [1.29, 1.82) is 0 Å². The summed E-state index contributed by atoms with van der Waals surface area (Å²) in [5.74, 6) is 0.534. The van der Waals surface area contributed by atoms with Gasteiger partial charge < -0.3 is 15.5 Å². The Labute approximate surface area is 171 Å². The molecule has 2 unspecified atom stereocenters. The maximum absolute atomic E-state index is 12.4. The first-order valence-electron chi connectivity index (χ1n) is 10.2. The van der Waals surface area contributed by atoms with Gasteiger partial charge in [0.2, 0.25) is 5.91 Å². The first-order chi connectivity index (χ1) is 14.0. The number of hydrogen-bond donors (Lipinski definition) is 2. The van der Waals surface area contributed by atoms with Crippen molar-refractivity contribution in [2.75, 3.05) is 30.4 Å². The minimum absolute atomic E-state index is 0.00714. The topological polar surface area (TPSA) is 77.6 Å². The molecule has 2 atom stereocenters. The number of carbonyl (C=O) groups excluding carboxylic acids is 2. The van der Waals surface area contributed by atoms with Crippen LogP contribution in [-0.2, 0) is 4.79 Å². The molecule has 0 aliphatic carbocycles. The van der Waals surface area contributed by atoms with Crippen LogP contribution >= 0.6 is 0 Å². The van der Waals surface area contributed by atoms with E-state index in [1.807, 2.05) is 36.2 Å². The van der Waals surface area contributed by atoms with E-state index in [1.165, 1.54) is 6.42 Å². The van der Waals surface area contributed by atoms with E-state index in [0.717, 1.165) is 30.6 Å². The maximum atomic E-state index is 12.4. The fourth-order valence-corrected chi connectivity index (χ4v) is 4.11. The van der Waals surface area contributed by atoms with Crippen LogP contribution in [0.15, 0.2) is 42.6 Å². The Hall–Kier alpha value is -2.93. The van der Waals surface area contributed by atoms with Crippen LogP contribution in [0.2, 0.25) is 0 Å². The minimum atomic E-state index is -0.302. The number of piperidine rings is 1. The number of likely N-dealkylation sites (tertiary alicyclic amines) is 1. The number of nitrogens with one attached hydrogen (secondary N) is 2. The SMILES string of the molecule is CC1CCCCN1CC(=O)Nc1ccc(C2NC(=O)c3cccnc3N2C)cc1. The lowest BCUT2D eigenvalue weighted by molar-refractivity contribution is -0.118. The van der Waals surface area contributed by atoms with Crippen LogP contribution in [0, 0.1) is 0 Å². The highest BCUT2D eigenvalue weighted by Crippen LogP contribution is 2.30. The highest BCUT2D eigenvalue weighted by atomic mass is 16.2. The van der Waals surface area contributed by atoms with Crippen molar-refractivity contribution in [3.63, 3.8) is 0 Å². The Kier molecular flexibility index (Phi) is 5.49. The molecule has 3 heterocycles. The van der Waals surface area contributed by atoms with E-state index in [4.69, 9.17) is 0 Å². The minimum Gasteiger partial charge on any atom is -0.335 e. The molecule has 152 valence electrons. The number of hydrogen-bond acceptors (Lipinski definition) is 5. The van der Waals surface area contributed by atoms with Crippen LogP contribution in [0.1, 0.15) is 48.3 Å². The van der Waals surface area contributed by atoms with E-state index in [1.54, 1.807) is 18.3 Å². The van der Waals surface area contributed by atoms with Gasteiger partial charge >= 0.3 is 0 Å². The number of pyridine rings is 1. The number of aromatic nitrogens is 1. The molecule has 4 rings (SSSR count). The van der Waals surface area contributed by atoms with Gasteiger partial charge in [-0.15, -0.1) is 0 Å². The average Bonchev–Trinajstić information content (AvgIpc) is 2.73. The van der Waals surface area contributed by atoms with Gasteiger partial charge in [0.15, 0.2) is 0 Å². The summed E-state index contributed by atoms with van der Waals surface area (Å²) >= 11 is 0. The van der Waals surface area contributed by atoms with Gasteiger partial charge in [0.25, 0.3) is 5.91 Å². The van der Waals surface area contributed by atoms with Crippen molar-refractivity contribution in [2.24, 2.45) is 0 Å². The predicted molar refractivity (Wildman–Crippen MR) is 113 cm³/mol. The van der Waals surface area contributed by atoms with Crippen molar-refractivity contribution in [3.05, 3.63) is 53.7 Å². The van der Waals surface area contributed by atoms with Crippen LogP contribution in [0.25, 0.3) is 0 Å². The maximum Gasteiger partial charge on any atom is 0.256 e. The highest BCUT2D eigenvalue weighted by Gasteiger charge is 2.30. The average molecular weight is 393 g/mol. The third kappa shape index (κ3) is 4.10. The molecule has 0 spiro atoms. The number of anilines is 2. The second kappa shape index (κ2) is 8.21. The van der Waals surface area contributed by atoms with Gasteiger partial charge in [0, 0.05) is 25.0 Å². The number of fused-ring (bicyclic) bond motifs is 1. The normalized spacial score (nSPS) is 22.0. The molecule has 1 saturated heterocycles. The zero-order valence-corrected chi connectivity index (χ0v) is 16.9. The summed E-state index contributed by atoms with van der Waals surface area (Å²) in [6.07, 6.45) is 4.94. The van der Waals surface area contributed by atoms with E-state index in [2.05, 4.69) is 27.4 Å². The summed E-state index contributed by atoms with van der Waals surface area (Å²) in [6, 6.07) is 11.6. The van der Waals surface area contributed by atoms with Crippen molar-refractivity contribution in [2.45, 2.75) is 38.4 Å². The van der Waals surface area contributed by atoms with Gasteiger partial charge in [-0.25, -0.2) is 4.98 Å². The van der Waals surface area contributed by atoms with Gasteiger partial charge in [-0.3, -0.25) is 14.5 Å². The fraction of sp³-hybridized carbons (Fsp3) is 0.409. The quantitative estimate of drug-likeness (QED) is 0.835. The van der Waals surface area contributed by atoms with E-state index in [9.17, 15) is 9.59 Å². The van der Waals surface area contributed by atoms with Crippen molar-refractivity contribution in [3.8, 4) is 0 Å². The van der Waals surface area contributed by atoms with E-state index in [0.29, 0.717) is 24.0 Å². The third-order valence-electron chi connectivity index (χ3n) is 5.82. The molecule has 29 heavy (non-hydrogen) atoms. The molecular weight excluding hydrogens is 366 g/mol. The molecule has 0 radical (unpaired) electrons. The molecule has 2 aliphatic heterocycles. The smallest absolute Gasteiger partial charge is 0.256 e. The molecule has 1 aromatic heterocycles. The number of carbonyl (C=O) groups is 2. The Morgan fingerprint density at radius 1 is 1.24 bits per heavy atom. The standard InChI is InChI=1S/C22H27N5O2/c1-15-6-3-4-13-27(15)14-19(28)24-17-10-8-16(9-11-17)20-25-22(29)18-7-5-12-23-21(18)26(20)2/h5,7-12,15,20H,3-4,6,13-14H2,1-2H3,(H,24,28)(H,25,29). The van der Waals surface area contributed by atoms with Crippen LogP contribution in [0.4, 0.5) is 11.5 Å². The lowest BCUT2D eigenvalue weighted by Crippen LogP contribution is -2.45. The summed E-state index contributed by atoms with van der Waals surface area (Å²) in [4.78, 5) is 33.4. The Balaban J connectivity index is 1.42. The third-order valence-corrected chi connectivity index (χ3v) is 5.82. The molecule has 7 nitrogen and oxygen atoms in total. The largest absolute Gasteiger partial charge is 0.335 e. The first-order valence-corrected chi connectivity index (χ1v) is 10.2. The van der Waals surface area contributed by atoms with Crippen LogP contribution < -0.4 is 15.5 Å². The van der Waals surface area contributed by atoms with Crippen molar-refractivity contribution < 1.29 is 9.59 Å². The zero-order chi connectivity index (χ0) is 20.4. The number of amides is 2. The van der Waals surface area contributed by atoms with Crippen LogP contribution in [-0.4, -0.2) is 47.9 Å². The summed E-state index contributed by atoms with van der Waals surface area (Å²) in [5, 5.41) is 5.99. The van der Waals surface area contributed by atoms with Gasteiger partial charge in [0.1, 0.15) is 12.0 Å². The summed E-state index contributed by atoms with van der Waals surface area (Å²) in [7, 11) is 1.91. The van der Waals surface area contributed by atoms with E-state index >= 15 is 0 Å². The van der Waals surface area contributed by atoms with Gasteiger partial charge in [0.05, 0.1) is 12.1 Å². The van der Waals surface area contributed by atoms with Crippen molar-refractivity contribution in [1.82, 2.24) is 15.2 Å². The zero-order valence-electron chi connectivity index (χ0n) is 16.9. The Bertz CT molecular complexity index is 898. The molecule has 1 aromatic carbocycles. The Morgan fingerprint density at radius 2 is 2.03 bits per heavy atom. The molecule has 2 aliphatic rings. The molecule has 7 heteroatoms. The molecule has 1 fully saturated rings. The van der Waals surface area contributed by atoms with Crippen molar-refractivity contribution >= 4 is 23.3 Å². The van der Waals surface area contributed by atoms with Crippen LogP contribution in [0.5, 0.6) is 0 Å². The highest BCUT2D eigenvalue weighted by molar-refractivity contribution is 6.01. The monoisotopic (exact) mass is 393 g/mol. The van der Waals surface area contributed by atoms with E-state index < -0.39 is 0 Å². The number of rotatable bonds is 4. The summed E-state index contributed by atoms with van der Waals surface area (Å²) in [6.45, 7) is 3.59. The predicted octanol–water partition coefficient (Wildman–Crippen LogP) is 2.77. The molecule has 2 aromatic rings. The fourth-order valence-electron chi connectivity index (χ4n) is 4.11. The van der Waals surface area contributed by atoms with Gasteiger partial charge in [-0.2, -0.15) is 0 Å². The first kappa shape index (κ1) is 19.4. The molecule has 0 saturated carbocycles. The molecule has 2 amide bonds. The Morgan fingerprint density at radius 3 is 2.79 bits per heavy atom. The van der Waals surface area contributed by atoms with Gasteiger partial charge in [-0.1, -0.05) is 18.6 Å². The van der Waals surface area contributed by atoms with Crippen LogP contribution in [0.3, 0.4) is 0 Å². The lowest BCUT2D eigenvalue weighted by Gasteiger charge is -2.35. The molecular formula is C22H27N5O2.